The first-order chi connectivity index (χ1) is 0. The van der Waals surface area contributed by atoms with Gasteiger partial charge in [0.05, 0.1) is 0 Å². The summed E-state index contributed by atoms with van der Waals surface area (Å²) in [5.41, 5.74) is 0. The molecule has 0 amide bonds. The Morgan fingerprint density at radius 3 is 0.250 bits per heavy atom. The van der Waals surface area contributed by atoms with Crippen LogP contribution in [0.1, 0.15) is 0 Å². The van der Waals surface area contributed by atoms with E-state index in [-0.39, 0.29) is 200 Å². The molecule has 0 aromatic rings. The molecule has 0 bridgehead atoms. The predicted octanol–water partition coefficient (Wildman–Crippen LogP) is -6.79. The van der Waals surface area contributed by atoms with Gasteiger partial charge in [-0.2, -0.15) is 0 Å². The quantitative estimate of drug-likeness (QED) is 0.349. The summed E-state index contributed by atoms with van der Waals surface area (Å²) in [7, 11) is 0. The van der Waals surface area contributed by atoms with Crippen molar-refractivity contribution >= 4 is 200 Å². The average Bonchev–Trinajstić information content (AvgIpc) is 0. The van der Waals surface area contributed by atoms with Gasteiger partial charge in [0, 0.05) is 0 Å². The van der Waals surface area contributed by atoms with Crippen molar-refractivity contribution in [3.63, 3.8) is 0 Å². The van der Waals surface area contributed by atoms with Crippen LogP contribution in [0.15, 0.2) is 0 Å². The molecule has 8 heteroatoms. The van der Waals surface area contributed by atoms with Gasteiger partial charge in [0.15, 0.2) is 52.1 Å². The van der Waals surface area contributed by atoms with Crippen LogP contribution < -0.4 is 0 Å². The summed E-state index contributed by atoms with van der Waals surface area (Å²) in [5, 5.41) is 0. The fraction of sp³-hybridized carbons (Fsp3) is 0. The third-order valence-electron chi connectivity index (χ3n) is 0. The van der Waals surface area contributed by atoms with Gasteiger partial charge in [0.2, 0.25) is 0 Å². The van der Waals surface area contributed by atoms with Gasteiger partial charge >= 0.3 is 148 Å². The molecule has 0 aliphatic rings. The zero-order chi connectivity index (χ0) is 0. The second kappa shape index (κ2) is 49.6. The van der Waals surface area contributed by atoms with E-state index < -0.39 is 0 Å². The van der Waals surface area contributed by atoms with Crippen LogP contribution in [0.2, 0.25) is 0 Å². The molecular weight excluding hydrogens is 196 g/mol. The number of rotatable bonds is 0. The second-order valence-corrected chi connectivity index (χ2v) is 0. The van der Waals surface area contributed by atoms with Gasteiger partial charge in [-0.3, -0.25) is 0 Å². The van der Waals surface area contributed by atoms with E-state index in [1.165, 1.54) is 0 Å². The zero-order valence-corrected chi connectivity index (χ0v) is 0. The van der Waals surface area contributed by atoms with Gasteiger partial charge in [0.1, 0.15) is 0 Å². The Kier molecular flexibility index (Phi) is 384. The van der Waals surface area contributed by atoms with Crippen LogP contribution in [0.5, 0.6) is 0 Å². The van der Waals surface area contributed by atoms with Crippen molar-refractivity contribution < 1.29 is 0 Å². The molecule has 0 radical (unpaired) electrons. The first-order valence-corrected chi connectivity index (χ1v) is 0. The first kappa shape index (κ1) is 62.0. The molecule has 0 aromatic heterocycles. The van der Waals surface area contributed by atoms with Crippen LogP contribution >= 0.6 is 0 Å². The fourth-order valence-electron chi connectivity index (χ4n) is 0. The van der Waals surface area contributed by atoms with Crippen LogP contribution in [0.25, 0.3) is 0 Å². The van der Waals surface area contributed by atoms with Crippen molar-refractivity contribution in [1.29, 1.82) is 0 Å². The third-order valence-corrected chi connectivity index (χ3v) is 0. The summed E-state index contributed by atoms with van der Waals surface area (Å²) in [6, 6.07) is 0. The summed E-state index contributed by atoms with van der Waals surface area (Å²) in [6.07, 6.45) is 0. The van der Waals surface area contributed by atoms with Crippen LogP contribution in [0, 0.1) is 0 Å². The van der Waals surface area contributed by atoms with Crippen molar-refractivity contribution in [3.8, 4) is 0 Å². The van der Waals surface area contributed by atoms with Crippen LogP contribution in [-0.4, -0.2) is 200 Å². The second-order valence-electron chi connectivity index (χ2n) is 0. The van der Waals surface area contributed by atoms with Crippen molar-refractivity contribution in [2.75, 3.05) is 0 Å². The molecule has 0 saturated heterocycles. The van der Waals surface area contributed by atoms with E-state index in [0.717, 1.165) is 0 Å². The van der Waals surface area contributed by atoms with E-state index in [1.54, 1.807) is 0 Å². The Hall–Kier alpha value is 6.60. The molecule has 0 saturated carbocycles. The minimum absolute atomic E-state index is 0. The SMILES string of the molecule is [AlH3].[AlH3].[AlH3].[NaH].[NaH].[NaH].[NaH].[NaH]. The Bertz CT molecular complexity index is 7.64. The molecule has 0 atom stereocenters. The molecule has 8 heavy (non-hydrogen) atoms. The monoisotopic (exact) mass is 210 g/mol. The number of hydrogen-bond donors (Lipinski definition) is 0. The van der Waals surface area contributed by atoms with Gasteiger partial charge < -0.3 is 0 Å². The van der Waals surface area contributed by atoms with E-state index in [0.29, 0.717) is 0 Å². The molecular formula is H14Al3Na5. The minimum atomic E-state index is 0. The van der Waals surface area contributed by atoms with Crippen molar-refractivity contribution in [3.05, 3.63) is 0 Å². The van der Waals surface area contributed by atoms with Crippen molar-refractivity contribution in [2.24, 2.45) is 0 Å². The maximum absolute atomic E-state index is 0. The van der Waals surface area contributed by atoms with E-state index in [1.807, 2.05) is 0 Å². The fourth-order valence-corrected chi connectivity index (χ4v) is 0. The molecule has 0 rings (SSSR count). The summed E-state index contributed by atoms with van der Waals surface area (Å²) < 4.78 is 0. The molecule has 0 fully saturated rings. The summed E-state index contributed by atoms with van der Waals surface area (Å²) in [4.78, 5) is 0. The summed E-state index contributed by atoms with van der Waals surface area (Å²) in [6.45, 7) is 0. The Morgan fingerprint density at radius 2 is 0.250 bits per heavy atom. The third kappa shape index (κ3) is 38.9. The predicted molar refractivity (Wildman–Crippen MR) is 65.6 cm³/mol. The Morgan fingerprint density at radius 1 is 0.250 bits per heavy atom. The first-order valence-electron chi connectivity index (χ1n) is 0. The Labute approximate surface area is 194 Å². The average molecular weight is 210 g/mol. The van der Waals surface area contributed by atoms with Gasteiger partial charge in [-0.25, -0.2) is 0 Å². The molecule has 0 spiro atoms. The van der Waals surface area contributed by atoms with Gasteiger partial charge in [0.25, 0.3) is 0 Å². The van der Waals surface area contributed by atoms with Crippen LogP contribution in [0.3, 0.4) is 0 Å². The molecule has 0 aromatic carbocycles. The summed E-state index contributed by atoms with van der Waals surface area (Å²) >= 11 is 0. The molecule has 0 aliphatic heterocycles. The van der Waals surface area contributed by atoms with Gasteiger partial charge in [-0.1, -0.05) is 0 Å². The van der Waals surface area contributed by atoms with Gasteiger partial charge in [-0.15, -0.1) is 0 Å². The molecule has 0 unspecified atom stereocenters. The molecule has 0 nitrogen and oxygen atoms in total. The zero-order valence-electron chi connectivity index (χ0n) is 0. The standard InChI is InChI=1S/3Al.5Na.14H. The topological polar surface area (TPSA) is 0 Å². The number of hydrogen-bond acceptors (Lipinski definition) is 0. The van der Waals surface area contributed by atoms with E-state index in [2.05, 4.69) is 0 Å². The van der Waals surface area contributed by atoms with Gasteiger partial charge in [-0.05, 0) is 0 Å². The molecule has 0 aliphatic carbocycles. The molecule has 0 heterocycles. The van der Waals surface area contributed by atoms with Crippen LogP contribution in [0.4, 0.5) is 0 Å². The maximum atomic E-state index is 0. The molecule has 28 valence electrons. The molecule has 0 N–H and O–H groups in total. The van der Waals surface area contributed by atoms with E-state index in [4.69, 9.17) is 0 Å². The van der Waals surface area contributed by atoms with Crippen molar-refractivity contribution in [2.45, 2.75) is 0 Å². The summed E-state index contributed by atoms with van der Waals surface area (Å²) in [5.74, 6) is 0. The Balaban J connectivity index is 0. The normalized spacial score (nSPS) is 0. The van der Waals surface area contributed by atoms with E-state index >= 15 is 0 Å². The van der Waals surface area contributed by atoms with E-state index in [9.17, 15) is 0 Å². The van der Waals surface area contributed by atoms with Crippen molar-refractivity contribution in [1.82, 2.24) is 0 Å². The van der Waals surface area contributed by atoms with Crippen LogP contribution in [-0.2, 0) is 0 Å².